The van der Waals surface area contributed by atoms with E-state index < -0.39 is 0 Å². The Morgan fingerprint density at radius 1 is 0.615 bits per heavy atom. The molecule has 1 radical (unpaired) electrons. The third-order valence-electron chi connectivity index (χ3n) is 6.36. The maximum Gasteiger partial charge on any atom is 0.0659 e. The fourth-order valence-corrected chi connectivity index (χ4v) is 4.40. The molecule has 0 atom stereocenters. The van der Waals surface area contributed by atoms with Gasteiger partial charge in [-0.2, -0.15) is 11.1 Å². The fraction of sp³-hybridized carbons (Fsp3) is 0.333. The SMILES string of the molecule is C1=Cc2cc3ccc(cc4ccc(cc5nc(cc1n2)C=C5)[nH]4)[nH]3.CCCCCCCCCCNNNN.[Co]. The molecule has 0 saturated heterocycles. The molecular weight excluding hydrogens is 531 g/mol. The van der Waals surface area contributed by atoms with Crippen LogP contribution in [-0.2, 0) is 16.8 Å². The molecule has 2 aliphatic heterocycles. The number of hydrogen-bond acceptors (Lipinski definition) is 6. The first kappa shape index (κ1) is 30.5. The van der Waals surface area contributed by atoms with Crippen LogP contribution in [0, 0.1) is 0 Å². The van der Waals surface area contributed by atoms with Gasteiger partial charge in [0.2, 0.25) is 0 Å². The van der Waals surface area contributed by atoms with Crippen molar-refractivity contribution in [2.24, 2.45) is 5.84 Å². The van der Waals surface area contributed by atoms with Crippen molar-refractivity contribution in [2.75, 3.05) is 6.54 Å². The van der Waals surface area contributed by atoms with E-state index in [0.29, 0.717) is 0 Å². The summed E-state index contributed by atoms with van der Waals surface area (Å²) in [5.41, 5.74) is 15.8. The van der Waals surface area contributed by atoms with E-state index in [-0.39, 0.29) is 16.8 Å². The van der Waals surface area contributed by atoms with Gasteiger partial charge in [-0.05, 0) is 79.3 Å². The van der Waals surface area contributed by atoms with Gasteiger partial charge in [-0.3, -0.25) is 5.84 Å². The molecule has 7 N–H and O–H groups in total. The summed E-state index contributed by atoms with van der Waals surface area (Å²) in [6.07, 6.45) is 18.9. The van der Waals surface area contributed by atoms with E-state index in [0.717, 1.165) is 51.4 Å². The third-order valence-corrected chi connectivity index (χ3v) is 6.36. The number of nitrogens with one attached hydrogen (secondary N) is 5. The van der Waals surface area contributed by atoms with Crippen LogP contribution in [0.4, 0.5) is 0 Å². The van der Waals surface area contributed by atoms with Gasteiger partial charge in [0.05, 0.1) is 22.8 Å². The second kappa shape index (κ2) is 16.8. The molecule has 3 aromatic heterocycles. The molecule has 2 aliphatic rings. The zero-order valence-electron chi connectivity index (χ0n) is 22.6. The van der Waals surface area contributed by atoms with Crippen molar-refractivity contribution in [3.8, 4) is 0 Å². The van der Waals surface area contributed by atoms with Crippen molar-refractivity contribution in [2.45, 2.75) is 58.3 Å². The minimum atomic E-state index is 0. The van der Waals surface area contributed by atoms with Gasteiger partial charge in [0.25, 0.3) is 0 Å². The van der Waals surface area contributed by atoms with Gasteiger partial charge in [0.15, 0.2) is 0 Å². The van der Waals surface area contributed by atoms with Crippen molar-refractivity contribution in [3.63, 3.8) is 0 Å². The molecule has 0 saturated carbocycles. The smallest absolute Gasteiger partial charge is 0.0659 e. The van der Waals surface area contributed by atoms with Gasteiger partial charge in [0.1, 0.15) is 0 Å². The number of hydrogen-bond donors (Lipinski definition) is 6. The molecule has 0 fully saturated rings. The van der Waals surface area contributed by atoms with E-state index in [1.807, 2.05) is 42.5 Å². The molecule has 209 valence electrons. The predicted octanol–water partition coefficient (Wildman–Crippen LogP) is 6.25. The molecule has 0 unspecified atom stereocenters. The molecule has 5 rings (SSSR count). The minimum absolute atomic E-state index is 0. The van der Waals surface area contributed by atoms with Crippen LogP contribution in [0.25, 0.3) is 46.4 Å². The normalized spacial score (nSPS) is 11.6. The largest absolute Gasteiger partial charge is 0.355 e. The second-order valence-corrected chi connectivity index (χ2v) is 9.58. The minimum Gasteiger partial charge on any atom is -0.355 e. The molecule has 0 spiro atoms. The zero-order chi connectivity index (χ0) is 26.4. The third kappa shape index (κ3) is 10.6. The first-order valence-electron chi connectivity index (χ1n) is 13.7. The Balaban J connectivity index is 0.000000245. The summed E-state index contributed by atoms with van der Waals surface area (Å²) in [4.78, 5) is 16.0. The number of fused-ring (bicyclic) bond motifs is 8. The molecule has 9 heteroatoms. The van der Waals surface area contributed by atoms with Crippen molar-refractivity contribution >= 4 is 46.4 Å². The molecule has 39 heavy (non-hydrogen) atoms. The maximum atomic E-state index is 5.01. The van der Waals surface area contributed by atoms with E-state index >= 15 is 0 Å². The predicted molar refractivity (Wildman–Crippen MR) is 160 cm³/mol. The molecule has 0 aliphatic carbocycles. The Bertz CT molecular complexity index is 1270. The molecule has 5 heterocycles. The fourth-order valence-electron chi connectivity index (χ4n) is 4.40. The van der Waals surface area contributed by atoms with E-state index in [2.05, 4.69) is 73.7 Å². The Morgan fingerprint density at radius 2 is 1.05 bits per heavy atom. The molecule has 0 amide bonds. The second-order valence-electron chi connectivity index (χ2n) is 9.58. The molecule has 3 aromatic rings. The number of nitrogens with zero attached hydrogens (tertiary/aromatic N) is 2. The number of aromatic nitrogens is 4. The average molecular weight is 572 g/mol. The Labute approximate surface area is 241 Å². The average Bonchev–Trinajstić information content (AvgIpc) is 3.72. The van der Waals surface area contributed by atoms with Crippen molar-refractivity contribution in [1.29, 1.82) is 0 Å². The monoisotopic (exact) mass is 571 g/mol. The number of hydrazine groups is 3. The van der Waals surface area contributed by atoms with Crippen LogP contribution in [-0.4, -0.2) is 26.5 Å². The molecular formula is C30H40CoN8. The number of H-pyrrole nitrogens is 2. The van der Waals surface area contributed by atoms with Crippen LogP contribution in [0.5, 0.6) is 0 Å². The summed E-state index contributed by atoms with van der Waals surface area (Å²) in [7, 11) is 0. The van der Waals surface area contributed by atoms with Gasteiger partial charge >= 0.3 is 0 Å². The quantitative estimate of drug-likeness (QED) is 0.0634. The van der Waals surface area contributed by atoms with Gasteiger partial charge in [-0.15, -0.1) is 0 Å². The van der Waals surface area contributed by atoms with E-state index in [4.69, 9.17) is 5.84 Å². The van der Waals surface area contributed by atoms with Crippen LogP contribution in [0.1, 0.15) is 81.1 Å². The van der Waals surface area contributed by atoms with Crippen LogP contribution in [0.15, 0.2) is 48.5 Å². The van der Waals surface area contributed by atoms with Crippen LogP contribution < -0.4 is 22.3 Å². The van der Waals surface area contributed by atoms with Gasteiger partial charge < -0.3 is 9.97 Å². The number of nitrogens with two attached hydrogens (primary N) is 1. The molecule has 8 bridgehead atoms. The Hall–Kier alpha value is -3.05. The van der Waals surface area contributed by atoms with E-state index in [9.17, 15) is 0 Å². The standard InChI is InChI=1S/C20H14N4.C10H26N4.Co/c1-2-14-10-16-5-6-18(23-16)12-20-8-7-19(24-20)11-17-4-3-15(22-17)9-13(1)21-14;1-2-3-4-5-6-7-8-9-10-12-14-13-11;/h1-12,21-22H;12-14H,2-11H2,1H3;. The van der Waals surface area contributed by atoms with Crippen molar-refractivity contribution in [3.05, 3.63) is 71.3 Å². The topological polar surface area (TPSA) is 119 Å². The summed E-state index contributed by atoms with van der Waals surface area (Å²) < 4.78 is 0. The number of rotatable bonds is 11. The van der Waals surface area contributed by atoms with Gasteiger partial charge in [-0.1, -0.05) is 51.9 Å². The van der Waals surface area contributed by atoms with Crippen LogP contribution in [0.3, 0.4) is 0 Å². The first-order chi connectivity index (χ1) is 18.7. The summed E-state index contributed by atoms with van der Waals surface area (Å²) in [6.45, 7) is 3.23. The first-order valence-corrected chi connectivity index (χ1v) is 13.7. The summed E-state index contributed by atoms with van der Waals surface area (Å²) >= 11 is 0. The van der Waals surface area contributed by atoms with Crippen LogP contribution >= 0.6 is 0 Å². The zero-order valence-corrected chi connectivity index (χ0v) is 23.6. The summed E-state index contributed by atoms with van der Waals surface area (Å²) in [5.74, 6) is 5.01. The summed E-state index contributed by atoms with van der Waals surface area (Å²) in [5, 5.41) is 0. The van der Waals surface area contributed by atoms with Crippen LogP contribution in [0.2, 0.25) is 0 Å². The Kier molecular flexibility index (Phi) is 13.1. The Morgan fingerprint density at radius 3 is 1.54 bits per heavy atom. The van der Waals surface area contributed by atoms with E-state index in [1.54, 1.807) is 0 Å². The van der Waals surface area contributed by atoms with Gasteiger partial charge in [0, 0.05) is 45.4 Å². The van der Waals surface area contributed by atoms with Gasteiger partial charge in [-0.25, -0.2) is 15.4 Å². The van der Waals surface area contributed by atoms with Crippen molar-refractivity contribution in [1.82, 2.24) is 36.4 Å². The molecule has 0 aromatic carbocycles. The molecule has 8 nitrogen and oxygen atoms in total. The summed E-state index contributed by atoms with van der Waals surface area (Å²) in [6, 6.07) is 16.4. The maximum absolute atomic E-state index is 5.01. The van der Waals surface area contributed by atoms with Crippen molar-refractivity contribution < 1.29 is 16.8 Å². The van der Waals surface area contributed by atoms with E-state index in [1.165, 1.54) is 51.4 Å². The number of aromatic amines is 2. The number of unbranched alkanes of at least 4 members (excludes halogenated alkanes) is 7.